The summed E-state index contributed by atoms with van der Waals surface area (Å²) in [4.78, 5) is 16.5. The van der Waals surface area contributed by atoms with Crippen LogP contribution in [0.2, 0.25) is 0 Å². The van der Waals surface area contributed by atoms with Crippen LogP contribution < -0.4 is 4.90 Å². The minimum Gasteiger partial charge on any atom is -0.467 e. The predicted molar refractivity (Wildman–Crippen MR) is 123 cm³/mol. The number of morpholine rings is 1. The summed E-state index contributed by atoms with van der Waals surface area (Å²) in [5, 5.41) is 17.7. The van der Waals surface area contributed by atoms with Crippen molar-refractivity contribution in [2.45, 2.75) is 31.1 Å². The molecule has 0 bridgehead atoms. The van der Waals surface area contributed by atoms with Gasteiger partial charge in [-0.25, -0.2) is 5.01 Å². The van der Waals surface area contributed by atoms with E-state index in [9.17, 15) is 4.79 Å². The van der Waals surface area contributed by atoms with Crippen LogP contribution >= 0.6 is 23.1 Å². The lowest BCUT2D eigenvalue weighted by Crippen LogP contribution is -2.38. The molecule has 168 valence electrons. The second-order valence-electron chi connectivity index (χ2n) is 7.41. The number of carbonyl (C=O) groups excluding carboxylic acids is 1. The second-order valence-corrected chi connectivity index (χ2v) is 9.30. The van der Waals surface area contributed by atoms with Crippen molar-refractivity contribution < 1.29 is 13.9 Å². The van der Waals surface area contributed by atoms with Crippen LogP contribution in [0.4, 0.5) is 5.95 Å². The van der Waals surface area contributed by atoms with Gasteiger partial charge in [-0.2, -0.15) is 5.10 Å². The summed E-state index contributed by atoms with van der Waals surface area (Å²) in [5.74, 6) is 1.71. The van der Waals surface area contributed by atoms with E-state index in [4.69, 9.17) is 9.15 Å². The Kier molecular flexibility index (Phi) is 6.28. The van der Waals surface area contributed by atoms with E-state index in [2.05, 4.69) is 31.7 Å². The molecule has 3 aromatic rings. The van der Waals surface area contributed by atoms with E-state index in [1.54, 1.807) is 22.6 Å². The Bertz CT molecular complexity index is 1070. The lowest BCUT2D eigenvalue weighted by Gasteiger charge is -2.27. The van der Waals surface area contributed by atoms with Gasteiger partial charge in [0.2, 0.25) is 5.95 Å². The maximum Gasteiger partial charge on any atom is 0.253 e. The highest BCUT2D eigenvalue weighted by Crippen LogP contribution is 2.35. The number of aromatic nitrogens is 3. The Hall–Kier alpha value is -2.63. The number of hydrogen-bond acceptors (Lipinski definition) is 9. The quantitative estimate of drug-likeness (QED) is 0.488. The molecule has 1 fully saturated rings. The third kappa shape index (κ3) is 4.19. The Morgan fingerprint density at radius 2 is 2.12 bits per heavy atom. The van der Waals surface area contributed by atoms with Gasteiger partial charge in [0.15, 0.2) is 5.16 Å². The Morgan fingerprint density at radius 1 is 1.25 bits per heavy atom. The van der Waals surface area contributed by atoms with E-state index >= 15 is 0 Å². The zero-order valence-corrected chi connectivity index (χ0v) is 19.3. The van der Waals surface area contributed by atoms with E-state index in [1.807, 2.05) is 29.6 Å². The third-order valence-electron chi connectivity index (χ3n) is 5.48. The molecule has 2 aliphatic rings. The van der Waals surface area contributed by atoms with Gasteiger partial charge in [-0.1, -0.05) is 17.8 Å². The largest absolute Gasteiger partial charge is 0.467 e. The summed E-state index contributed by atoms with van der Waals surface area (Å²) in [7, 11) is 0. The van der Waals surface area contributed by atoms with Gasteiger partial charge in [0.25, 0.3) is 5.91 Å². The van der Waals surface area contributed by atoms with Crippen LogP contribution in [0.25, 0.3) is 0 Å². The Morgan fingerprint density at radius 3 is 2.84 bits per heavy atom. The molecule has 2 aliphatic heterocycles. The molecule has 0 spiro atoms. The molecule has 3 aromatic heterocycles. The molecule has 11 heteroatoms. The van der Waals surface area contributed by atoms with Gasteiger partial charge in [-0.05, 0) is 30.5 Å². The molecule has 1 amide bonds. The van der Waals surface area contributed by atoms with Crippen molar-refractivity contribution in [2.24, 2.45) is 5.10 Å². The number of rotatable bonds is 7. The number of thioether (sulfide) groups is 1. The number of ether oxygens (including phenoxy) is 1. The molecule has 5 heterocycles. The first kappa shape index (κ1) is 21.2. The average molecular weight is 473 g/mol. The minimum absolute atomic E-state index is 0.0819. The van der Waals surface area contributed by atoms with Gasteiger partial charge in [0, 0.05) is 26.1 Å². The van der Waals surface area contributed by atoms with Crippen LogP contribution in [0.5, 0.6) is 0 Å². The number of hydrazone groups is 1. The molecular weight excluding hydrogens is 448 g/mol. The fraction of sp³-hybridized carbons (Fsp3) is 0.429. The van der Waals surface area contributed by atoms with Gasteiger partial charge in [-0.3, -0.25) is 9.36 Å². The van der Waals surface area contributed by atoms with Crippen molar-refractivity contribution in [3.8, 4) is 0 Å². The van der Waals surface area contributed by atoms with Crippen LogP contribution in [0.1, 0.15) is 30.0 Å². The van der Waals surface area contributed by atoms with Crippen molar-refractivity contribution in [2.75, 3.05) is 37.0 Å². The Labute approximate surface area is 194 Å². The van der Waals surface area contributed by atoms with E-state index in [0.717, 1.165) is 47.1 Å². The van der Waals surface area contributed by atoms with E-state index in [1.165, 1.54) is 11.8 Å². The smallest absolute Gasteiger partial charge is 0.253 e. The topological polar surface area (TPSA) is 89.0 Å². The van der Waals surface area contributed by atoms with Gasteiger partial charge in [0.05, 0.1) is 35.8 Å². The molecule has 0 aromatic carbocycles. The lowest BCUT2D eigenvalue weighted by atomic mass is 10.1. The molecule has 0 saturated carbocycles. The molecule has 0 radical (unpaired) electrons. The summed E-state index contributed by atoms with van der Waals surface area (Å²) >= 11 is 3.02. The van der Waals surface area contributed by atoms with Crippen molar-refractivity contribution in [3.63, 3.8) is 0 Å². The van der Waals surface area contributed by atoms with Crippen molar-refractivity contribution >= 4 is 40.7 Å². The standard InChI is InChI=1S/C21H24N6O3S2/c1-2-26-20(25-7-10-29-11-8-25)22-23-21(26)32-14-19(28)27-16(17-5-3-9-30-17)13-15(24-27)18-6-4-12-31-18/h3-6,9,12,16H,2,7-8,10-11,13-14H2,1H3/t16-/m0/s1. The molecule has 0 N–H and O–H groups in total. The average Bonchev–Trinajstić information content (AvgIpc) is 3.63. The normalized spacial score (nSPS) is 18.9. The van der Waals surface area contributed by atoms with Gasteiger partial charge in [-0.15, -0.1) is 21.5 Å². The highest BCUT2D eigenvalue weighted by Gasteiger charge is 2.35. The number of hydrogen-bond donors (Lipinski definition) is 0. The van der Waals surface area contributed by atoms with Crippen LogP contribution in [0, 0.1) is 0 Å². The summed E-state index contributed by atoms with van der Waals surface area (Å²) in [5.41, 5.74) is 0.908. The number of furan rings is 1. The first-order valence-corrected chi connectivity index (χ1v) is 12.5. The lowest BCUT2D eigenvalue weighted by molar-refractivity contribution is -0.130. The first-order chi connectivity index (χ1) is 15.7. The summed E-state index contributed by atoms with van der Waals surface area (Å²) in [6.45, 7) is 5.75. The molecule has 1 saturated heterocycles. The zero-order chi connectivity index (χ0) is 21.9. The van der Waals surface area contributed by atoms with Gasteiger partial charge in [0.1, 0.15) is 11.8 Å². The molecular formula is C21H24N6O3S2. The van der Waals surface area contributed by atoms with Crippen molar-refractivity contribution in [3.05, 3.63) is 46.5 Å². The van der Waals surface area contributed by atoms with Crippen molar-refractivity contribution in [1.29, 1.82) is 0 Å². The molecule has 32 heavy (non-hydrogen) atoms. The fourth-order valence-electron chi connectivity index (χ4n) is 3.89. The van der Waals surface area contributed by atoms with Gasteiger partial charge >= 0.3 is 0 Å². The van der Waals surface area contributed by atoms with E-state index < -0.39 is 0 Å². The highest BCUT2D eigenvalue weighted by atomic mass is 32.2. The molecule has 9 nitrogen and oxygen atoms in total. The predicted octanol–water partition coefficient (Wildman–Crippen LogP) is 3.26. The highest BCUT2D eigenvalue weighted by molar-refractivity contribution is 7.99. The molecule has 5 rings (SSSR count). The van der Waals surface area contributed by atoms with Crippen LogP contribution in [-0.4, -0.2) is 63.4 Å². The molecule has 0 aliphatic carbocycles. The number of nitrogens with zero attached hydrogens (tertiary/aromatic N) is 6. The van der Waals surface area contributed by atoms with Crippen LogP contribution in [0.15, 0.2) is 50.6 Å². The van der Waals surface area contributed by atoms with E-state index in [-0.39, 0.29) is 17.7 Å². The SMILES string of the molecule is CCn1c(SCC(=O)N2N=C(c3cccs3)C[C@H]2c2ccco2)nnc1N1CCOCC1. The number of thiophene rings is 1. The summed E-state index contributed by atoms with van der Waals surface area (Å²) in [6.07, 6.45) is 2.27. The first-order valence-electron chi connectivity index (χ1n) is 10.6. The Balaban J connectivity index is 1.32. The molecule has 1 atom stereocenters. The van der Waals surface area contributed by atoms with E-state index in [0.29, 0.717) is 19.6 Å². The van der Waals surface area contributed by atoms with Crippen LogP contribution in [0.3, 0.4) is 0 Å². The summed E-state index contributed by atoms with van der Waals surface area (Å²) in [6, 6.07) is 7.53. The second kappa shape index (κ2) is 9.47. The molecule has 0 unspecified atom stereocenters. The maximum atomic E-state index is 13.2. The maximum absolute atomic E-state index is 13.2. The fourth-order valence-corrected chi connectivity index (χ4v) is 5.46. The zero-order valence-electron chi connectivity index (χ0n) is 17.7. The third-order valence-corrected chi connectivity index (χ3v) is 7.35. The minimum atomic E-state index is -0.233. The number of amides is 1. The monoisotopic (exact) mass is 472 g/mol. The number of carbonyl (C=O) groups is 1. The van der Waals surface area contributed by atoms with Crippen molar-refractivity contribution in [1.82, 2.24) is 19.8 Å². The summed E-state index contributed by atoms with van der Waals surface area (Å²) < 4.78 is 13.1. The number of anilines is 1. The van der Waals surface area contributed by atoms with Crippen LogP contribution in [-0.2, 0) is 16.1 Å². The van der Waals surface area contributed by atoms with Gasteiger partial charge < -0.3 is 14.1 Å².